The molecule has 0 spiro atoms. The Labute approximate surface area is 87.4 Å². The largest absolute Gasteiger partial charge is 0.387 e. The lowest BCUT2D eigenvalue weighted by molar-refractivity contribution is 0.0649. The maximum Gasteiger partial charge on any atom is 0.0961 e. The summed E-state index contributed by atoms with van der Waals surface area (Å²) < 4.78 is 0.813. The molecule has 0 aromatic carbocycles. The van der Waals surface area contributed by atoms with E-state index < -0.39 is 0 Å². The van der Waals surface area contributed by atoms with Crippen LogP contribution in [-0.2, 0) is 0 Å². The van der Waals surface area contributed by atoms with Gasteiger partial charge in [0.05, 0.1) is 10.4 Å². The van der Waals surface area contributed by atoms with Crippen LogP contribution in [-0.4, -0.2) is 5.11 Å². The molecule has 0 amide bonds. The van der Waals surface area contributed by atoms with Gasteiger partial charge in [-0.25, -0.2) is 0 Å². The summed E-state index contributed by atoms with van der Waals surface area (Å²) in [7, 11) is 0. The molecule has 1 unspecified atom stereocenters. The fraction of sp³-hybridized carbons (Fsp3) is 0.600. The number of aliphatic hydroxyl groups is 1. The molecule has 72 valence electrons. The number of halogens is 1. The van der Waals surface area contributed by atoms with Crippen LogP contribution in [0.25, 0.3) is 0 Å². The van der Waals surface area contributed by atoms with E-state index >= 15 is 0 Å². The molecule has 1 aliphatic carbocycles. The third-order valence-corrected chi connectivity index (χ3v) is 4.39. The highest BCUT2D eigenvalue weighted by atomic mass is 35.5. The molecule has 1 N–H and O–H groups in total. The summed E-state index contributed by atoms with van der Waals surface area (Å²) in [4.78, 5) is 1.03. The average Bonchev–Trinajstić information content (AvgIpc) is 2.28. The Bertz CT molecular complexity index is 284. The fourth-order valence-corrected chi connectivity index (χ4v) is 2.91. The lowest BCUT2D eigenvalue weighted by Gasteiger charge is -2.29. The molecule has 0 saturated heterocycles. The van der Waals surface area contributed by atoms with E-state index in [4.69, 9.17) is 11.6 Å². The van der Waals surface area contributed by atoms with Crippen molar-refractivity contribution in [2.45, 2.75) is 32.3 Å². The average molecular weight is 217 g/mol. The van der Waals surface area contributed by atoms with Gasteiger partial charge in [0, 0.05) is 4.88 Å². The van der Waals surface area contributed by atoms with Crippen molar-refractivity contribution in [1.29, 1.82) is 0 Å². The first-order chi connectivity index (χ1) is 6.18. The van der Waals surface area contributed by atoms with Crippen LogP contribution in [0.3, 0.4) is 0 Å². The maximum atomic E-state index is 9.93. The third-order valence-electron chi connectivity index (χ3n) is 2.76. The van der Waals surface area contributed by atoms with Gasteiger partial charge < -0.3 is 5.11 Å². The van der Waals surface area contributed by atoms with E-state index in [-0.39, 0.29) is 6.10 Å². The molecule has 1 aromatic heterocycles. The lowest BCUT2D eigenvalue weighted by Crippen LogP contribution is -2.19. The number of rotatable bonds is 2. The number of aliphatic hydroxyl groups excluding tert-OH is 1. The van der Waals surface area contributed by atoms with Crippen molar-refractivity contribution < 1.29 is 5.11 Å². The van der Waals surface area contributed by atoms with Crippen molar-refractivity contribution >= 4 is 22.9 Å². The fourth-order valence-electron chi connectivity index (χ4n) is 1.62. The first kappa shape index (κ1) is 9.50. The number of hydrogen-bond acceptors (Lipinski definition) is 2. The minimum absolute atomic E-state index is 0.273. The van der Waals surface area contributed by atoms with Gasteiger partial charge in [0.25, 0.3) is 0 Å². The van der Waals surface area contributed by atoms with Crippen molar-refractivity contribution in [3.63, 3.8) is 0 Å². The van der Waals surface area contributed by atoms with Crippen LogP contribution < -0.4 is 0 Å². The molecule has 0 bridgehead atoms. The smallest absolute Gasteiger partial charge is 0.0961 e. The second-order valence-corrected chi connectivity index (χ2v) is 5.43. The summed E-state index contributed by atoms with van der Waals surface area (Å²) in [5.74, 6) is 0.481. The quantitative estimate of drug-likeness (QED) is 0.802. The van der Waals surface area contributed by atoms with E-state index in [1.165, 1.54) is 17.8 Å². The Morgan fingerprint density at radius 2 is 2.31 bits per heavy atom. The van der Waals surface area contributed by atoms with E-state index in [0.29, 0.717) is 5.92 Å². The number of hydrogen-bond donors (Lipinski definition) is 1. The molecule has 1 aliphatic rings. The molecule has 1 aromatic rings. The van der Waals surface area contributed by atoms with Crippen LogP contribution in [0, 0.1) is 12.8 Å². The second kappa shape index (κ2) is 3.60. The molecule has 1 heterocycles. The third kappa shape index (κ3) is 1.76. The summed E-state index contributed by atoms with van der Waals surface area (Å²) in [5, 5.41) is 9.93. The second-order valence-electron chi connectivity index (χ2n) is 3.74. The van der Waals surface area contributed by atoms with Gasteiger partial charge in [-0.15, -0.1) is 11.3 Å². The van der Waals surface area contributed by atoms with Gasteiger partial charge in [0.15, 0.2) is 0 Å². The van der Waals surface area contributed by atoms with Crippen molar-refractivity contribution in [3.05, 3.63) is 20.8 Å². The Morgan fingerprint density at radius 3 is 2.69 bits per heavy atom. The molecular formula is C10H13ClOS. The Hall–Kier alpha value is -0.0500. The molecule has 1 fully saturated rings. The maximum absolute atomic E-state index is 9.93. The minimum Gasteiger partial charge on any atom is -0.387 e. The molecule has 1 saturated carbocycles. The monoisotopic (exact) mass is 216 g/mol. The predicted octanol–water partition coefficient (Wildman–Crippen LogP) is 3.54. The highest BCUT2D eigenvalue weighted by Gasteiger charge is 2.28. The molecule has 1 atom stereocenters. The number of thiophene rings is 1. The standard InChI is InChI=1S/C10H13ClOS/c1-6-5-8(13-10(6)11)9(12)7-3-2-4-7/h5,7,9,12H,2-4H2,1H3. The number of aryl methyl sites for hydroxylation is 1. The Balaban J connectivity index is 2.14. The van der Waals surface area contributed by atoms with Gasteiger partial charge in [-0.2, -0.15) is 0 Å². The summed E-state index contributed by atoms with van der Waals surface area (Å²) >= 11 is 7.46. The van der Waals surface area contributed by atoms with Crippen LogP contribution in [0.5, 0.6) is 0 Å². The van der Waals surface area contributed by atoms with Gasteiger partial charge in [0.2, 0.25) is 0 Å². The van der Waals surface area contributed by atoms with E-state index in [9.17, 15) is 5.11 Å². The minimum atomic E-state index is -0.273. The topological polar surface area (TPSA) is 20.2 Å². The van der Waals surface area contributed by atoms with E-state index in [0.717, 1.165) is 27.6 Å². The predicted molar refractivity (Wildman–Crippen MR) is 56.4 cm³/mol. The van der Waals surface area contributed by atoms with Gasteiger partial charge in [-0.1, -0.05) is 18.0 Å². The first-order valence-corrected chi connectivity index (χ1v) is 5.82. The molecule has 1 nitrogen and oxygen atoms in total. The zero-order valence-electron chi connectivity index (χ0n) is 7.59. The Morgan fingerprint density at radius 1 is 1.62 bits per heavy atom. The van der Waals surface area contributed by atoms with Crippen molar-refractivity contribution in [2.75, 3.05) is 0 Å². The van der Waals surface area contributed by atoms with Gasteiger partial charge in [-0.3, -0.25) is 0 Å². The molecule has 0 aliphatic heterocycles. The highest BCUT2D eigenvalue weighted by Crippen LogP contribution is 2.41. The molecule has 0 radical (unpaired) electrons. The summed E-state index contributed by atoms with van der Waals surface area (Å²) in [5.41, 5.74) is 1.08. The van der Waals surface area contributed by atoms with Gasteiger partial charge >= 0.3 is 0 Å². The highest BCUT2D eigenvalue weighted by molar-refractivity contribution is 7.16. The lowest BCUT2D eigenvalue weighted by atomic mass is 9.80. The summed E-state index contributed by atoms with van der Waals surface area (Å²) in [6.07, 6.45) is 3.32. The Kier molecular flexibility index (Phi) is 2.63. The summed E-state index contributed by atoms with van der Waals surface area (Å²) in [6, 6.07) is 2.01. The molecule has 13 heavy (non-hydrogen) atoms. The van der Waals surface area contributed by atoms with Crippen LogP contribution in [0.4, 0.5) is 0 Å². The van der Waals surface area contributed by atoms with Crippen molar-refractivity contribution in [2.24, 2.45) is 5.92 Å². The van der Waals surface area contributed by atoms with Crippen LogP contribution in [0.15, 0.2) is 6.07 Å². The normalized spacial score (nSPS) is 19.9. The van der Waals surface area contributed by atoms with Crippen LogP contribution in [0.2, 0.25) is 4.34 Å². The van der Waals surface area contributed by atoms with Crippen LogP contribution >= 0.6 is 22.9 Å². The van der Waals surface area contributed by atoms with E-state index in [2.05, 4.69) is 0 Å². The van der Waals surface area contributed by atoms with Crippen molar-refractivity contribution in [3.8, 4) is 0 Å². The molecular weight excluding hydrogens is 204 g/mol. The van der Waals surface area contributed by atoms with Gasteiger partial charge in [0.1, 0.15) is 0 Å². The van der Waals surface area contributed by atoms with E-state index in [1.807, 2.05) is 13.0 Å². The van der Waals surface area contributed by atoms with E-state index in [1.54, 1.807) is 0 Å². The van der Waals surface area contributed by atoms with Crippen molar-refractivity contribution in [1.82, 2.24) is 0 Å². The van der Waals surface area contributed by atoms with Gasteiger partial charge in [-0.05, 0) is 37.3 Å². The zero-order chi connectivity index (χ0) is 9.42. The SMILES string of the molecule is Cc1cc(C(O)C2CCC2)sc1Cl. The molecule has 3 heteroatoms. The van der Waals surface area contributed by atoms with Crippen LogP contribution in [0.1, 0.15) is 35.8 Å². The first-order valence-electron chi connectivity index (χ1n) is 4.62. The molecule has 2 rings (SSSR count). The summed E-state index contributed by atoms with van der Waals surface area (Å²) in [6.45, 7) is 1.98. The zero-order valence-corrected chi connectivity index (χ0v) is 9.16.